The minimum atomic E-state index is -1.39. The van der Waals surface area contributed by atoms with E-state index in [2.05, 4.69) is 31.1 Å². The molecule has 1 nitrogen and oxygen atoms in total. The summed E-state index contributed by atoms with van der Waals surface area (Å²) in [5.41, 5.74) is 5.64. The maximum atomic E-state index is 12.4. The predicted octanol–water partition coefficient (Wildman–Crippen LogP) is 4.15. The molecule has 0 aliphatic heterocycles. The van der Waals surface area contributed by atoms with E-state index in [0.29, 0.717) is 11.1 Å². The summed E-state index contributed by atoms with van der Waals surface area (Å²) < 4.78 is 0. The van der Waals surface area contributed by atoms with E-state index in [1.54, 1.807) is 0 Å². The van der Waals surface area contributed by atoms with Crippen molar-refractivity contribution in [3.63, 3.8) is 0 Å². The number of carbonyl (C=O) groups is 1. The molecular formula is C18H18OSi. The minimum absolute atomic E-state index is 0.0438. The van der Waals surface area contributed by atoms with Crippen LogP contribution in [0.1, 0.15) is 21.5 Å². The van der Waals surface area contributed by atoms with Gasteiger partial charge in [-0.05, 0) is 12.1 Å². The first kappa shape index (κ1) is 14.3. The SMILES string of the molecule is C[Si](C)(C)C#Cc1cccc(C(=O)c2ccccc2)c1. The number of carbonyl (C=O) groups excluding carboxylic acids is 1. The monoisotopic (exact) mass is 278 g/mol. The largest absolute Gasteiger partial charge is 0.289 e. The van der Waals surface area contributed by atoms with Crippen LogP contribution in [0, 0.1) is 11.5 Å². The minimum Gasteiger partial charge on any atom is -0.289 e. The smallest absolute Gasteiger partial charge is 0.193 e. The van der Waals surface area contributed by atoms with Crippen LogP contribution < -0.4 is 0 Å². The lowest BCUT2D eigenvalue weighted by molar-refractivity contribution is 0.103. The van der Waals surface area contributed by atoms with Gasteiger partial charge in [-0.1, -0.05) is 68.0 Å². The van der Waals surface area contributed by atoms with Gasteiger partial charge < -0.3 is 0 Å². The molecule has 0 aromatic heterocycles. The van der Waals surface area contributed by atoms with E-state index in [4.69, 9.17) is 0 Å². The summed E-state index contributed by atoms with van der Waals surface area (Å²) in [7, 11) is -1.39. The van der Waals surface area contributed by atoms with E-state index in [0.717, 1.165) is 5.56 Å². The van der Waals surface area contributed by atoms with Crippen molar-refractivity contribution in [2.75, 3.05) is 0 Å². The maximum Gasteiger partial charge on any atom is 0.193 e. The molecule has 0 atom stereocenters. The van der Waals surface area contributed by atoms with Gasteiger partial charge in [-0.3, -0.25) is 4.79 Å². The van der Waals surface area contributed by atoms with E-state index < -0.39 is 8.07 Å². The Labute approximate surface area is 121 Å². The van der Waals surface area contributed by atoms with Crippen LogP contribution in [0.2, 0.25) is 19.6 Å². The van der Waals surface area contributed by atoms with Crippen molar-refractivity contribution in [3.05, 3.63) is 71.3 Å². The number of rotatable bonds is 2. The molecule has 2 aromatic rings. The summed E-state index contributed by atoms with van der Waals surface area (Å²) >= 11 is 0. The molecule has 0 aliphatic carbocycles. The molecule has 0 bridgehead atoms. The van der Waals surface area contributed by atoms with Crippen LogP contribution in [-0.2, 0) is 0 Å². The average molecular weight is 278 g/mol. The Morgan fingerprint density at radius 3 is 2.20 bits per heavy atom. The molecule has 20 heavy (non-hydrogen) atoms. The van der Waals surface area contributed by atoms with Gasteiger partial charge >= 0.3 is 0 Å². The first-order valence-electron chi connectivity index (χ1n) is 6.69. The summed E-state index contributed by atoms with van der Waals surface area (Å²) in [6, 6.07) is 16.9. The summed E-state index contributed by atoms with van der Waals surface area (Å²) in [6.07, 6.45) is 0. The van der Waals surface area contributed by atoms with Crippen molar-refractivity contribution < 1.29 is 4.79 Å². The molecule has 0 saturated carbocycles. The van der Waals surface area contributed by atoms with Crippen LogP contribution >= 0.6 is 0 Å². The third-order valence-electron chi connectivity index (χ3n) is 2.74. The Bertz CT molecular complexity index is 670. The Morgan fingerprint density at radius 2 is 1.55 bits per heavy atom. The zero-order valence-corrected chi connectivity index (χ0v) is 13.1. The summed E-state index contributed by atoms with van der Waals surface area (Å²) in [4.78, 5) is 12.4. The quantitative estimate of drug-likeness (QED) is 0.458. The molecule has 0 aliphatic rings. The van der Waals surface area contributed by atoms with Crippen molar-refractivity contribution in [2.24, 2.45) is 0 Å². The van der Waals surface area contributed by atoms with Crippen LogP contribution in [0.5, 0.6) is 0 Å². The normalized spacial score (nSPS) is 10.6. The van der Waals surface area contributed by atoms with Gasteiger partial charge in [-0.15, -0.1) is 5.54 Å². The van der Waals surface area contributed by atoms with E-state index in [1.165, 1.54) is 0 Å². The third-order valence-corrected chi connectivity index (χ3v) is 3.62. The van der Waals surface area contributed by atoms with E-state index in [9.17, 15) is 4.79 Å². The second kappa shape index (κ2) is 5.90. The Balaban J connectivity index is 2.31. The molecule has 0 saturated heterocycles. The fourth-order valence-corrected chi connectivity index (χ4v) is 2.27. The lowest BCUT2D eigenvalue weighted by Gasteiger charge is -2.04. The van der Waals surface area contributed by atoms with Crippen LogP contribution in [0.3, 0.4) is 0 Å². The zero-order valence-electron chi connectivity index (χ0n) is 12.1. The van der Waals surface area contributed by atoms with Gasteiger partial charge in [0.25, 0.3) is 0 Å². The lowest BCUT2D eigenvalue weighted by Crippen LogP contribution is -2.16. The van der Waals surface area contributed by atoms with Crippen LogP contribution in [0.25, 0.3) is 0 Å². The van der Waals surface area contributed by atoms with Gasteiger partial charge in [0.15, 0.2) is 5.78 Å². The number of hydrogen-bond donors (Lipinski definition) is 0. The molecule has 0 N–H and O–H groups in total. The van der Waals surface area contributed by atoms with E-state index in [1.807, 2.05) is 54.6 Å². The molecule has 0 spiro atoms. The van der Waals surface area contributed by atoms with E-state index in [-0.39, 0.29) is 5.78 Å². The second-order valence-corrected chi connectivity index (χ2v) is 10.5. The molecule has 0 fully saturated rings. The topological polar surface area (TPSA) is 17.1 Å². The average Bonchev–Trinajstić information content (AvgIpc) is 2.45. The van der Waals surface area contributed by atoms with E-state index >= 15 is 0 Å². The summed E-state index contributed by atoms with van der Waals surface area (Å²) in [6.45, 7) is 6.62. The number of hydrogen-bond acceptors (Lipinski definition) is 1. The van der Waals surface area contributed by atoms with Crippen molar-refractivity contribution in [1.82, 2.24) is 0 Å². The maximum absolute atomic E-state index is 12.4. The first-order valence-corrected chi connectivity index (χ1v) is 10.2. The van der Waals surface area contributed by atoms with Crippen molar-refractivity contribution in [3.8, 4) is 11.5 Å². The summed E-state index contributed by atoms with van der Waals surface area (Å²) in [5, 5.41) is 0. The molecule has 2 aromatic carbocycles. The zero-order chi connectivity index (χ0) is 14.6. The Morgan fingerprint density at radius 1 is 0.900 bits per heavy atom. The van der Waals surface area contributed by atoms with Crippen LogP contribution in [0.4, 0.5) is 0 Å². The standard InChI is InChI=1S/C18H18OSi/c1-20(2,3)13-12-15-8-7-11-17(14-15)18(19)16-9-5-4-6-10-16/h4-11,14H,1-3H3. The highest BCUT2D eigenvalue weighted by atomic mass is 28.3. The molecule has 0 heterocycles. The third kappa shape index (κ3) is 3.94. The lowest BCUT2D eigenvalue weighted by atomic mass is 10.0. The van der Waals surface area contributed by atoms with Gasteiger partial charge in [0, 0.05) is 16.7 Å². The van der Waals surface area contributed by atoms with Crippen LogP contribution in [-0.4, -0.2) is 13.9 Å². The van der Waals surface area contributed by atoms with Crippen molar-refractivity contribution in [2.45, 2.75) is 19.6 Å². The highest BCUT2D eigenvalue weighted by Gasteiger charge is 2.09. The second-order valence-electron chi connectivity index (χ2n) is 5.78. The molecule has 0 radical (unpaired) electrons. The first-order chi connectivity index (χ1) is 9.46. The molecular weight excluding hydrogens is 260 g/mol. The van der Waals surface area contributed by atoms with Crippen LogP contribution in [0.15, 0.2) is 54.6 Å². The van der Waals surface area contributed by atoms with Gasteiger partial charge in [0.05, 0.1) is 0 Å². The van der Waals surface area contributed by atoms with Crippen molar-refractivity contribution in [1.29, 1.82) is 0 Å². The molecule has 0 amide bonds. The highest BCUT2D eigenvalue weighted by Crippen LogP contribution is 2.11. The fraction of sp³-hybridized carbons (Fsp3) is 0.167. The predicted molar refractivity (Wildman–Crippen MR) is 86.5 cm³/mol. The Kier molecular flexibility index (Phi) is 4.22. The van der Waals surface area contributed by atoms with Gasteiger partial charge in [0.2, 0.25) is 0 Å². The molecule has 0 unspecified atom stereocenters. The fourth-order valence-electron chi connectivity index (χ4n) is 1.75. The summed E-state index contributed by atoms with van der Waals surface area (Å²) in [5.74, 6) is 3.23. The van der Waals surface area contributed by atoms with Crippen molar-refractivity contribution >= 4 is 13.9 Å². The highest BCUT2D eigenvalue weighted by molar-refractivity contribution is 6.83. The molecule has 2 rings (SSSR count). The van der Waals surface area contributed by atoms with Gasteiger partial charge in [-0.2, -0.15) is 0 Å². The van der Waals surface area contributed by atoms with Gasteiger partial charge in [0.1, 0.15) is 8.07 Å². The number of ketones is 1. The molecule has 100 valence electrons. The molecule has 2 heteroatoms. The number of benzene rings is 2. The Hall–Kier alpha value is -2.11. The van der Waals surface area contributed by atoms with Gasteiger partial charge in [-0.25, -0.2) is 0 Å².